The highest BCUT2D eigenvalue weighted by Gasteiger charge is 2.16. The third kappa shape index (κ3) is 6.49. The summed E-state index contributed by atoms with van der Waals surface area (Å²) in [4.78, 5) is 28.6. The summed E-state index contributed by atoms with van der Waals surface area (Å²) in [7, 11) is 2.88. The van der Waals surface area contributed by atoms with Crippen LogP contribution in [0.3, 0.4) is 0 Å². The van der Waals surface area contributed by atoms with Crippen molar-refractivity contribution in [2.45, 2.75) is 26.4 Å². The van der Waals surface area contributed by atoms with Crippen molar-refractivity contribution in [3.05, 3.63) is 34.3 Å². The molecule has 0 spiro atoms. The lowest BCUT2D eigenvalue weighted by Gasteiger charge is -2.19. The van der Waals surface area contributed by atoms with Gasteiger partial charge in [-0.1, -0.05) is 23.4 Å². The molecule has 1 aromatic carbocycles. The van der Waals surface area contributed by atoms with E-state index >= 15 is 0 Å². The van der Waals surface area contributed by atoms with E-state index in [4.69, 9.17) is 21.2 Å². The normalized spacial score (nSPS) is 10.4. The fourth-order valence-electron chi connectivity index (χ4n) is 1.62. The Bertz CT molecular complexity index is 671. The smallest absolute Gasteiger partial charge is 0.408 e. The van der Waals surface area contributed by atoms with E-state index in [-0.39, 0.29) is 12.5 Å². The molecule has 1 N–H and O–H groups in total. The number of hydrogen-bond acceptors (Lipinski definition) is 4. The highest BCUT2D eigenvalue weighted by molar-refractivity contribution is 6.31. The first-order chi connectivity index (χ1) is 11.1. The van der Waals surface area contributed by atoms with Gasteiger partial charge in [-0.3, -0.25) is 9.63 Å². The molecule has 1 aromatic rings. The second-order valence-corrected chi connectivity index (χ2v) is 6.27. The average Bonchev–Trinajstić information content (AvgIpc) is 2.49. The van der Waals surface area contributed by atoms with E-state index in [0.717, 1.165) is 5.06 Å². The number of carbonyl (C=O) groups excluding carboxylic acids is 2. The Morgan fingerprint density at radius 1 is 1.33 bits per heavy atom. The molecule has 0 saturated heterocycles. The van der Waals surface area contributed by atoms with Crippen LogP contribution in [0.15, 0.2) is 18.2 Å². The van der Waals surface area contributed by atoms with Gasteiger partial charge in [-0.25, -0.2) is 9.86 Å². The zero-order valence-corrected chi connectivity index (χ0v) is 15.2. The topological polar surface area (TPSA) is 67.9 Å². The van der Waals surface area contributed by atoms with Crippen molar-refractivity contribution in [3.8, 4) is 11.8 Å². The van der Waals surface area contributed by atoms with Crippen LogP contribution in [0.2, 0.25) is 5.02 Å². The molecule has 0 heterocycles. The van der Waals surface area contributed by atoms with Gasteiger partial charge in [-0.2, -0.15) is 0 Å². The monoisotopic (exact) mass is 352 g/mol. The number of nitrogens with zero attached hydrogens (tertiary/aromatic N) is 1. The maximum atomic E-state index is 12.2. The summed E-state index contributed by atoms with van der Waals surface area (Å²) in [6.07, 6.45) is -0.552. The van der Waals surface area contributed by atoms with Crippen LogP contribution >= 0.6 is 11.6 Å². The molecule has 0 aliphatic heterocycles. The Morgan fingerprint density at radius 3 is 2.58 bits per heavy atom. The van der Waals surface area contributed by atoms with Crippen molar-refractivity contribution in [2.75, 3.05) is 20.7 Å². The standard InChI is InChI=1S/C17H21ClN2O4/c1-17(2,3)24-16(22)19-10-6-7-12-8-9-13(18)11-14(12)15(21)20(4)23-5/h8-9,11H,10H2,1-5H3,(H,19,22). The summed E-state index contributed by atoms with van der Waals surface area (Å²) in [6.45, 7) is 5.41. The van der Waals surface area contributed by atoms with Gasteiger partial charge in [0, 0.05) is 17.6 Å². The first-order valence-corrected chi connectivity index (χ1v) is 7.59. The number of hydroxylamine groups is 2. The number of carbonyl (C=O) groups is 2. The summed E-state index contributed by atoms with van der Waals surface area (Å²) in [5.41, 5.74) is 0.230. The fraction of sp³-hybridized carbons (Fsp3) is 0.412. The van der Waals surface area contributed by atoms with Crippen molar-refractivity contribution < 1.29 is 19.2 Å². The zero-order valence-electron chi connectivity index (χ0n) is 14.4. The maximum absolute atomic E-state index is 12.2. The predicted octanol–water partition coefficient (Wildman–Crippen LogP) is 2.85. The third-order valence-corrected chi connectivity index (χ3v) is 2.95. The Morgan fingerprint density at radius 2 is 2.00 bits per heavy atom. The molecule has 2 amide bonds. The minimum atomic E-state index is -0.571. The molecule has 0 aliphatic rings. The second-order valence-electron chi connectivity index (χ2n) is 5.83. The lowest BCUT2D eigenvalue weighted by Crippen LogP contribution is -2.32. The molecule has 1 rings (SSSR count). The van der Waals surface area contributed by atoms with E-state index in [1.165, 1.54) is 20.2 Å². The quantitative estimate of drug-likeness (QED) is 0.671. The van der Waals surface area contributed by atoms with E-state index in [2.05, 4.69) is 17.2 Å². The van der Waals surface area contributed by atoms with E-state index in [1.807, 2.05) is 0 Å². The van der Waals surface area contributed by atoms with Gasteiger partial charge in [0.05, 0.1) is 19.2 Å². The molecule has 24 heavy (non-hydrogen) atoms. The number of hydrogen-bond donors (Lipinski definition) is 1. The van der Waals surface area contributed by atoms with Crippen LogP contribution in [0.5, 0.6) is 0 Å². The van der Waals surface area contributed by atoms with Gasteiger partial charge in [0.15, 0.2) is 0 Å². The van der Waals surface area contributed by atoms with E-state index in [9.17, 15) is 9.59 Å². The van der Waals surface area contributed by atoms with Gasteiger partial charge in [0.25, 0.3) is 5.91 Å². The fourth-order valence-corrected chi connectivity index (χ4v) is 1.80. The highest BCUT2D eigenvalue weighted by atomic mass is 35.5. The van der Waals surface area contributed by atoms with Gasteiger partial charge >= 0.3 is 6.09 Å². The SMILES string of the molecule is CON(C)C(=O)c1cc(Cl)ccc1C#CCNC(=O)OC(C)(C)C. The average molecular weight is 353 g/mol. The Balaban J connectivity index is 2.82. The minimum absolute atomic E-state index is 0.0886. The van der Waals surface area contributed by atoms with E-state index in [1.54, 1.807) is 32.9 Å². The Labute approximate surface area is 147 Å². The Hall–Kier alpha value is -2.23. The molecule has 0 radical (unpaired) electrons. The van der Waals surface area contributed by atoms with Crippen LogP contribution in [-0.2, 0) is 9.57 Å². The van der Waals surface area contributed by atoms with Crippen LogP contribution in [0.1, 0.15) is 36.7 Å². The van der Waals surface area contributed by atoms with Crippen molar-refractivity contribution in [3.63, 3.8) is 0 Å². The molecule has 0 aliphatic carbocycles. The molecule has 0 saturated carbocycles. The Kier molecular flexibility index (Phi) is 7.08. The maximum Gasteiger partial charge on any atom is 0.408 e. The van der Waals surface area contributed by atoms with Gasteiger partial charge in [-0.05, 0) is 39.0 Å². The summed E-state index contributed by atoms with van der Waals surface area (Å²) < 4.78 is 5.10. The number of amides is 2. The predicted molar refractivity (Wildman–Crippen MR) is 91.7 cm³/mol. The largest absolute Gasteiger partial charge is 0.444 e. The van der Waals surface area contributed by atoms with Gasteiger partial charge < -0.3 is 10.1 Å². The number of rotatable bonds is 3. The molecule has 0 bridgehead atoms. The van der Waals surface area contributed by atoms with Crippen molar-refractivity contribution in [1.82, 2.24) is 10.4 Å². The molecule has 130 valence electrons. The van der Waals surface area contributed by atoms with Crippen LogP contribution in [0.25, 0.3) is 0 Å². The second kappa shape index (κ2) is 8.57. The third-order valence-electron chi connectivity index (χ3n) is 2.71. The zero-order chi connectivity index (χ0) is 18.3. The van der Waals surface area contributed by atoms with Gasteiger partial charge in [-0.15, -0.1) is 0 Å². The lowest BCUT2D eigenvalue weighted by atomic mass is 10.1. The van der Waals surface area contributed by atoms with Crippen LogP contribution < -0.4 is 5.32 Å². The van der Waals surface area contributed by atoms with Crippen molar-refractivity contribution >= 4 is 23.6 Å². The minimum Gasteiger partial charge on any atom is -0.444 e. The summed E-state index contributed by atoms with van der Waals surface area (Å²) in [5, 5.41) is 4.02. The van der Waals surface area contributed by atoms with Gasteiger partial charge in [0.2, 0.25) is 0 Å². The molecule has 0 atom stereocenters. The number of alkyl carbamates (subject to hydrolysis) is 1. The van der Waals surface area contributed by atoms with Crippen molar-refractivity contribution in [1.29, 1.82) is 0 Å². The number of halogens is 1. The molecule has 7 heteroatoms. The first kappa shape index (κ1) is 19.8. The highest BCUT2D eigenvalue weighted by Crippen LogP contribution is 2.17. The van der Waals surface area contributed by atoms with E-state index < -0.39 is 11.7 Å². The number of nitrogens with one attached hydrogen (secondary N) is 1. The molecule has 6 nitrogen and oxygen atoms in total. The first-order valence-electron chi connectivity index (χ1n) is 7.21. The lowest BCUT2D eigenvalue weighted by molar-refractivity contribution is -0.0757. The molecular formula is C17H21ClN2O4. The molecule has 0 fully saturated rings. The number of benzene rings is 1. The summed E-state index contributed by atoms with van der Waals surface area (Å²) in [6, 6.07) is 4.79. The molecule has 0 unspecified atom stereocenters. The van der Waals surface area contributed by atoms with Crippen LogP contribution in [0, 0.1) is 11.8 Å². The number of ether oxygens (including phenoxy) is 1. The van der Waals surface area contributed by atoms with Crippen LogP contribution in [-0.4, -0.2) is 43.4 Å². The summed E-state index contributed by atoms with van der Waals surface area (Å²) >= 11 is 5.94. The molecular weight excluding hydrogens is 332 g/mol. The summed E-state index contributed by atoms with van der Waals surface area (Å²) in [5.74, 6) is 5.24. The van der Waals surface area contributed by atoms with Gasteiger partial charge in [0.1, 0.15) is 5.60 Å². The van der Waals surface area contributed by atoms with E-state index in [0.29, 0.717) is 16.1 Å². The van der Waals surface area contributed by atoms with Crippen molar-refractivity contribution in [2.24, 2.45) is 0 Å². The van der Waals surface area contributed by atoms with Crippen LogP contribution in [0.4, 0.5) is 4.79 Å². The molecule has 0 aromatic heterocycles.